The van der Waals surface area contributed by atoms with Gasteiger partial charge in [0.1, 0.15) is 5.75 Å². The highest BCUT2D eigenvalue weighted by Crippen LogP contribution is 2.51. The molecule has 3 fully saturated rings. The SMILES string of the molecule is O=C(c1ccc2c(c1)CCO2)N1CC[C@@]23OC[C@@H](c4ccccc4)N2C(=O)C[C@@H]13. The summed E-state index contributed by atoms with van der Waals surface area (Å²) in [5.41, 5.74) is 2.14. The molecule has 6 rings (SSSR count). The highest BCUT2D eigenvalue weighted by molar-refractivity contribution is 5.96. The molecular formula is C23H22N2O4. The van der Waals surface area contributed by atoms with Crippen molar-refractivity contribution in [2.24, 2.45) is 0 Å². The average Bonchev–Trinajstić information content (AvgIpc) is 3.49. The minimum atomic E-state index is -0.687. The van der Waals surface area contributed by atoms with E-state index < -0.39 is 5.72 Å². The molecule has 0 aromatic heterocycles. The molecule has 0 bridgehead atoms. The monoisotopic (exact) mass is 390 g/mol. The molecule has 148 valence electrons. The standard InChI is InChI=1S/C23H22N2O4/c26-21-13-20-23(25(21)18(14-29-23)15-4-2-1-3-5-15)9-10-24(20)22(27)17-6-7-19-16(12-17)8-11-28-19/h1-7,12,18,20H,8-11,13-14H2/t18-,20+,23-/m0/s1. The Morgan fingerprint density at radius 1 is 1.14 bits per heavy atom. The van der Waals surface area contributed by atoms with Crippen LogP contribution in [0.2, 0.25) is 0 Å². The van der Waals surface area contributed by atoms with Gasteiger partial charge in [0.2, 0.25) is 5.91 Å². The molecule has 4 aliphatic rings. The van der Waals surface area contributed by atoms with Crippen molar-refractivity contribution in [1.82, 2.24) is 9.80 Å². The maximum Gasteiger partial charge on any atom is 0.254 e. The van der Waals surface area contributed by atoms with Gasteiger partial charge in [0.05, 0.1) is 31.7 Å². The molecule has 4 aliphatic heterocycles. The fourth-order valence-electron chi connectivity index (χ4n) is 5.49. The van der Waals surface area contributed by atoms with E-state index in [1.807, 2.05) is 58.3 Å². The predicted octanol–water partition coefficient (Wildman–Crippen LogP) is 2.54. The summed E-state index contributed by atoms with van der Waals surface area (Å²) in [4.78, 5) is 30.1. The molecule has 0 N–H and O–H groups in total. The van der Waals surface area contributed by atoms with Crippen molar-refractivity contribution in [3.05, 3.63) is 65.2 Å². The number of rotatable bonds is 2. The highest BCUT2D eigenvalue weighted by atomic mass is 16.5. The van der Waals surface area contributed by atoms with Crippen LogP contribution in [-0.4, -0.2) is 53.1 Å². The second-order valence-corrected chi connectivity index (χ2v) is 8.24. The van der Waals surface area contributed by atoms with Crippen molar-refractivity contribution in [2.45, 2.75) is 37.1 Å². The van der Waals surface area contributed by atoms with Crippen LogP contribution in [0.1, 0.15) is 40.4 Å². The van der Waals surface area contributed by atoms with Gasteiger partial charge < -0.3 is 19.3 Å². The van der Waals surface area contributed by atoms with Gasteiger partial charge in [-0.15, -0.1) is 0 Å². The first kappa shape index (κ1) is 17.0. The third kappa shape index (κ3) is 2.32. The van der Waals surface area contributed by atoms with Crippen LogP contribution in [0.25, 0.3) is 0 Å². The number of fused-ring (bicyclic) bond motifs is 1. The molecule has 1 spiro atoms. The second kappa shape index (κ2) is 6.07. The van der Waals surface area contributed by atoms with Gasteiger partial charge in [0, 0.05) is 24.9 Å². The Morgan fingerprint density at radius 2 is 2.00 bits per heavy atom. The van der Waals surface area contributed by atoms with E-state index in [9.17, 15) is 9.59 Å². The summed E-state index contributed by atoms with van der Waals surface area (Å²) in [5.74, 6) is 0.913. The minimum Gasteiger partial charge on any atom is -0.493 e. The molecule has 2 amide bonds. The van der Waals surface area contributed by atoms with Crippen LogP contribution in [0.4, 0.5) is 0 Å². The van der Waals surface area contributed by atoms with Crippen LogP contribution in [0.3, 0.4) is 0 Å². The van der Waals surface area contributed by atoms with Gasteiger partial charge in [-0.05, 0) is 29.3 Å². The number of hydrogen-bond donors (Lipinski definition) is 0. The summed E-state index contributed by atoms with van der Waals surface area (Å²) in [7, 11) is 0. The molecule has 6 heteroatoms. The maximum absolute atomic E-state index is 13.3. The van der Waals surface area contributed by atoms with Crippen molar-refractivity contribution in [2.75, 3.05) is 19.8 Å². The lowest BCUT2D eigenvalue weighted by Gasteiger charge is -2.33. The van der Waals surface area contributed by atoms with E-state index in [1.54, 1.807) is 0 Å². The fraction of sp³-hybridized carbons (Fsp3) is 0.391. The van der Waals surface area contributed by atoms with Gasteiger partial charge in [-0.3, -0.25) is 9.59 Å². The third-order valence-electron chi connectivity index (χ3n) is 6.84. The molecule has 0 radical (unpaired) electrons. The Morgan fingerprint density at radius 3 is 2.86 bits per heavy atom. The number of nitrogens with zero attached hydrogens (tertiary/aromatic N) is 2. The molecule has 0 aliphatic carbocycles. The van der Waals surface area contributed by atoms with Crippen LogP contribution in [0, 0.1) is 0 Å². The van der Waals surface area contributed by atoms with Crippen molar-refractivity contribution in [3.63, 3.8) is 0 Å². The van der Waals surface area contributed by atoms with Crippen LogP contribution in [-0.2, 0) is 16.0 Å². The average molecular weight is 390 g/mol. The predicted molar refractivity (Wildman–Crippen MR) is 104 cm³/mol. The molecule has 2 aromatic rings. The Balaban J connectivity index is 1.31. The van der Waals surface area contributed by atoms with Gasteiger partial charge in [-0.2, -0.15) is 0 Å². The van der Waals surface area contributed by atoms with E-state index in [1.165, 1.54) is 0 Å². The van der Waals surface area contributed by atoms with Gasteiger partial charge in [0.25, 0.3) is 5.91 Å². The number of likely N-dealkylation sites (tertiary alicyclic amines) is 1. The van der Waals surface area contributed by atoms with E-state index in [0.717, 1.165) is 23.3 Å². The Labute approximate surface area is 169 Å². The summed E-state index contributed by atoms with van der Waals surface area (Å²) in [6.07, 6.45) is 1.81. The van der Waals surface area contributed by atoms with E-state index in [0.29, 0.717) is 38.2 Å². The van der Waals surface area contributed by atoms with Crippen molar-refractivity contribution in [3.8, 4) is 5.75 Å². The molecule has 29 heavy (non-hydrogen) atoms. The normalized spacial score (nSPS) is 29.6. The smallest absolute Gasteiger partial charge is 0.254 e. The lowest BCUT2D eigenvalue weighted by molar-refractivity contribution is -0.138. The Kier molecular flexibility index (Phi) is 3.56. The number of benzene rings is 2. The molecule has 0 unspecified atom stereocenters. The molecule has 3 atom stereocenters. The molecule has 0 saturated carbocycles. The molecule has 6 nitrogen and oxygen atoms in total. The molecule has 4 heterocycles. The topological polar surface area (TPSA) is 59.1 Å². The Hall–Kier alpha value is -2.86. The third-order valence-corrected chi connectivity index (χ3v) is 6.84. The number of hydrogen-bond acceptors (Lipinski definition) is 4. The minimum absolute atomic E-state index is 0.0250. The first-order chi connectivity index (χ1) is 14.2. The van der Waals surface area contributed by atoms with Crippen LogP contribution in [0.5, 0.6) is 5.75 Å². The zero-order valence-corrected chi connectivity index (χ0v) is 16.0. The summed E-state index contributed by atoms with van der Waals surface area (Å²) >= 11 is 0. The number of carbonyl (C=O) groups excluding carboxylic acids is 2. The summed E-state index contributed by atoms with van der Waals surface area (Å²) < 4.78 is 11.9. The zero-order chi connectivity index (χ0) is 19.6. The summed E-state index contributed by atoms with van der Waals surface area (Å²) in [5, 5.41) is 0. The van der Waals surface area contributed by atoms with E-state index in [4.69, 9.17) is 9.47 Å². The van der Waals surface area contributed by atoms with Crippen molar-refractivity contribution < 1.29 is 19.1 Å². The largest absolute Gasteiger partial charge is 0.493 e. The van der Waals surface area contributed by atoms with Gasteiger partial charge in [-0.1, -0.05) is 30.3 Å². The number of ether oxygens (including phenoxy) is 2. The Bertz CT molecular complexity index is 1010. The summed E-state index contributed by atoms with van der Waals surface area (Å²) in [6.45, 7) is 1.74. The van der Waals surface area contributed by atoms with Crippen LogP contribution >= 0.6 is 0 Å². The fourth-order valence-corrected chi connectivity index (χ4v) is 5.49. The zero-order valence-electron chi connectivity index (χ0n) is 16.0. The first-order valence-corrected chi connectivity index (χ1v) is 10.3. The van der Waals surface area contributed by atoms with E-state index >= 15 is 0 Å². The highest BCUT2D eigenvalue weighted by Gasteiger charge is 2.65. The second-order valence-electron chi connectivity index (χ2n) is 8.24. The number of amides is 2. The van der Waals surface area contributed by atoms with Gasteiger partial charge >= 0.3 is 0 Å². The quantitative estimate of drug-likeness (QED) is 0.791. The van der Waals surface area contributed by atoms with Crippen LogP contribution < -0.4 is 4.74 Å². The lowest BCUT2D eigenvalue weighted by Crippen LogP contribution is -2.49. The van der Waals surface area contributed by atoms with Crippen molar-refractivity contribution >= 4 is 11.8 Å². The summed E-state index contributed by atoms with van der Waals surface area (Å²) in [6, 6.07) is 15.4. The maximum atomic E-state index is 13.3. The number of carbonyl (C=O) groups is 2. The van der Waals surface area contributed by atoms with E-state index in [2.05, 4.69) is 0 Å². The molecule has 3 saturated heterocycles. The molecular weight excluding hydrogens is 368 g/mol. The van der Waals surface area contributed by atoms with Gasteiger partial charge in [0.15, 0.2) is 5.72 Å². The van der Waals surface area contributed by atoms with Crippen molar-refractivity contribution in [1.29, 1.82) is 0 Å². The molecule has 2 aromatic carbocycles. The van der Waals surface area contributed by atoms with Gasteiger partial charge in [-0.25, -0.2) is 0 Å². The first-order valence-electron chi connectivity index (χ1n) is 10.3. The van der Waals surface area contributed by atoms with E-state index in [-0.39, 0.29) is 23.9 Å². The lowest BCUT2D eigenvalue weighted by atomic mass is 10.0. The van der Waals surface area contributed by atoms with Crippen LogP contribution in [0.15, 0.2) is 48.5 Å².